The Bertz CT molecular complexity index is 337. The van der Waals surface area contributed by atoms with Crippen molar-refractivity contribution in [1.82, 2.24) is 0 Å². The molecule has 0 bridgehead atoms. The van der Waals surface area contributed by atoms with E-state index in [1.54, 1.807) is 0 Å². The lowest BCUT2D eigenvalue weighted by molar-refractivity contribution is -0.385. The van der Waals surface area contributed by atoms with E-state index in [2.05, 4.69) is 0 Å². The molecule has 0 aliphatic heterocycles. The van der Waals surface area contributed by atoms with Crippen molar-refractivity contribution in [2.45, 2.75) is 0 Å². The number of nitro groups is 1. The molecule has 6 heteroatoms. The van der Waals surface area contributed by atoms with E-state index < -0.39 is 16.4 Å². The SMILES string of the molecule is Nc1c(O)ccc([N+](=O)[O-])c1O. The minimum atomic E-state index is -0.787. The number of nitrogen functional groups attached to an aromatic ring is 1. The van der Waals surface area contributed by atoms with Gasteiger partial charge in [-0.25, -0.2) is 0 Å². The van der Waals surface area contributed by atoms with Gasteiger partial charge in [0, 0.05) is 6.07 Å². The zero-order valence-electron chi connectivity index (χ0n) is 5.89. The molecule has 0 unspecified atom stereocenters. The van der Waals surface area contributed by atoms with Crippen molar-refractivity contribution in [3.8, 4) is 11.5 Å². The zero-order chi connectivity index (χ0) is 9.30. The van der Waals surface area contributed by atoms with Crippen molar-refractivity contribution < 1.29 is 15.1 Å². The molecule has 0 spiro atoms. The number of nitro benzene ring substituents is 1. The number of hydrogen-bond donors (Lipinski definition) is 3. The van der Waals surface area contributed by atoms with Crippen LogP contribution < -0.4 is 5.73 Å². The Morgan fingerprint density at radius 1 is 1.42 bits per heavy atom. The number of phenolic OH excluding ortho intramolecular Hbond substituents is 2. The van der Waals surface area contributed by atoms with Crippen LogP contribution in [-0.2, 0) is 0 Å². The van der Waals surface area contributed by atoms with Gasteiger partial charge < -0.3 is 15.9 Å². The summed E-state index contributed by atoms with van der Waals surface area (Å²) >= 11 is 0. The third-order valence-corrected chi connectivity index (χ3v) is 1.37. The number of anilines is 1. The van der Waals surface area contributed by atoms with Gasteiger partial charge in [-0.15, -0.1) is 0 Å². The van der Waals surface area contributed by atoms with Crippen LogP contribution in [0.2, 0.25) is 0 Å². The summed E-state index contributed by atoms with van der Waals surface area (Å²) in [4.78, 5) is 9.41. The predicted octanol–water partition coefficient (Wildman–Crippen LogP) is 0.588. The number of aromatic hydroxyl groups is 2. The summed E-state index contributed by atoms with van der Waals surface area (Å²) in [6, 6.07) is 2.02. The van der Waals surface area contributed by atoms with E-state index in [0.29, 0.717) is 0 Å². The molecule has 1 rings (SSSR count). The van der Waals surface area contributed by atoms with Crippen LogP contribution in [0.5, 0.6) is 11.5 Å². The van der Waals surface area contributed by atoms with Gasteiger partial charge in [0.25, 0.3) is 0 Å². The Morgan fingerprint density at radius 2 is 2.00 bits per heavy atom. The molecule has 0 atom stereocenters. The molecule has 0 heterocycles. The molecule has 0 aliphatic carbocycles. The van der Waals surface area contributed by atoms with Crippen LogP contribution in [0.4, 0.5) is 11.4 Å². The smallest absolute Gasteiger partial charge is 0.313 e. The van der Waals surface area contributed by atoms with Gasteiger partial charge in [0.1, 0.15) is 11.4 Å². The Hall–Kier alpha value is -1.98. The van der Waals surface area contributed by atoms with Crippen LogP contribution in [0, 0.1) is 10.1 Å². The quantitative estimate of drug-likeness (QED) is 0.247. The molecule has 0 saturated heterocycles. The minimum absolute atomic E-state index is 0.377. The highest BCUT2D eigenvalue weighted by molar-refractivity contribution is 5.69. The lowest BCUT2D eigenvalue weighted by atomic mass is 10.2. The fourth-order valence-corrected chi connectivity index (χ4v) is 0.733. The number of nitrogens with zero attached hydrogens (tertiary/aromatic N) is 1. The molecule has 0 fully saturated rings. The van der Waals surface area contributed by atoms with Crippen LogP contribution in [0.1, 0.15) is 0 Å². The van der Waals surface area contributed by atoms with Crippen molar-refractivity contribution in [3.63, 3.8) is 0 Å². The number of hydrogen-bond acceptors (Lipinski definition) is 5. The van der Waals surface area contributed by atoms with Crippen molar-refractivity contribution in [2.24, 2.45) is 0 Å². The third-order valence-electron chi connectivity index (χ3n) is 1.37. The van der Waals surface area contributed by atoms with Crippen LogP contribution in [0.15, 0.2) is 12.1 Å². The fraction of sp³-hybridized carbons (Fsp3) is 0. The molecule has 0 amide bonds. The van der Waals surface area contributed by atoms with Crippen molar-refractivity contribution in [3.05, 3.63) is 22.2 Å². The topological polar surface area (TPSA) is 110 Å². The second kappa shape index (κ2) is 2.57. The molecule has 12 heavy (non-hydrogen) atoms. The summed E-state index contributed by atoms with van der Waals surface area (Å²) < 4.78 is 0. The molecule has 6 nitrogen and oxygen atoms in total. The monoisotopic (exact) mass is 170 g/mol. The van der Waals surface area contributed by atoms with Gasteiger partial charge >= 0.3 is 5.69 Å². The van der Waals surface area contributed by atoms with Crippen molar-refractivity contribution >= 4 is 11.4 Å². The average Bonchev–Trinajstić information content (AvgIpc) is 2.00. The van der Waals surface area contributed by atoms with E-state index in [-0.39, 0.29) is 11.4 Å². The average molecular weight is 170 g/mol. The van der Waals surface area contributed by atoms with E-state index in [4.69, 9.17) is 15.9 Å². The van der Waals surface area contributed by atoms with Crippen LogP contribution in [-0.4, -0.2) is 15.1 Å². The lowest BCUT2D eigenvalue weighted by Crippen LogP contribution is -1.92. The van der Waals surface area contributed by atoms with Crippen LogP contribution >= 0.6 is 0 Å². The molecule has 0 aliphatic rings. The Kier molecular flexibility index (Phi) is 1.74. The van der Waals surface area contributed by atoms with Crippen molar-refractivity contribution in [2.75, 3.05) is 5.73 Å². The number of nitrogens with two attached hydrogens (primary N) is 1. The highest BCUT2D eigenvalue weighted by Gasteiger charge is 2.17. The van der Waals surface area contributed by atoms with E-state index in [0.717, 1.165) is 12.1 Å². The zero-order valence-corrected chi connectivity index (χ0v) is 5.89. The summed E-state index contributed by atoms with van der Waals surface area (Å²) in [7, 11) is 0. The van der Waals surface area contributed by atoms with Gasteiger partial charge in [0.05, 0.1) is 4.92 Å². The molecular weight excluding hydrogens is 164 g/mol. The first kappa shape index (κ1) is 8.12. The molecular formula is C6H6N2O4. The number of rotatable bonds is 1. The summed E-state index contributed by atoms with van der Waals surface area (Å²) in [5, 5.41) is 28.1. The van der Waals surface area contributed by atoms with E-state index in [1.165, 1.54) is 0 Å². The Morgan fingerprint density at radius 3 is 2.50 bits per heavy atom. The van der Waals surface area contributed by atoms with E-state index >= 15 is 0 Å². The summed E-state index contributed by atoms with van der Waals surface area (Å²) in [6.07, 6.45) is 0. The van der Waals surface area contributed by atoms with E-state index in [9.17, 15) is 10.1 Å². The first-order valence-corrected chi connectivity index (χ1v) is 2.99. The van der Waals surface area contributed by atoms with Gasteiger partial charge in [0.2, 0.25) is 5.75 Å². The number of phenols is 2. The van der Waals surface area contributed by atoms with Gasteiger partial charge in [-0.3, -0.25) is 10.1 Å². The molecule has 0 aromatic heterocycles. The molecule has 1 aromatic carbocycles. The van der Waals surface area contributed by atoms with Gasteiger partial charge in [-0.1, -0.05) is 0 Å². The highest BCUT2D eigenvalue weighted by atomic mass is 16.6. The first-order valence-electron chi connectivity index (χ1n) is 2.99. The van der Waals surface area contributed by atoms with Crippen molar-refractivity contribution in [1.29, 1.82) is 0 Å². The number of benzene rings is 1. The Balaban J connectivity index is 3.36. The molecule has 0 radical (unpaired) electrons. The first-order chi connectivity index (χ1) is 5.54. The van der Waals surface area contributed by atoms with Gasteiger partial charge in [0.15, 0.2) is 0 Å². The minimum Gasteiger partial charge on any atom is -0.506 e. The second-order valence-electron chi connectivity index (χ2n) is 2.12. The van der Waals surface area contributed by atoms with E-state index in [1.807, 2.05) is 0 Å². The molecule has 0 saturated carbocycles. The van der Waals surface area contributed by atoms with Gasteiger partial charge in [-0.2, -0.15) is 0 Å². The summed E-state index contributed by atoms with van der Waals surface area (Å²) in [5.41, 5.74) is 4.21. The highest BCUT2D eigenvalue weighted by Crippen LogP contribution is 2.37. The Labute approximate surface area is 67.0 Å². The van der Waals surface area contributed by atoms with Gasteiger partial charge in [-0.05, 0) is 6.07 Å². The third kappa shape index (κ3) is 1.09. The summed E-state index contributed by atoms with van der Waals surface area (Å²) in [6.45, 7) is 0. The summed E-state index contributed by atoms with van der Waals surface area (Å²) in [5.74, 6) is -1.09. The largest absolute Gasteiger partial charge is 0.506 e. The normalized spacial score (nSPS) is 9.67. The maximum absolute atomic E-state index is 10.2. The predicted molar refractivity (Wildman–Crippen MR) is 40.8 cm³/mol. The van der Waals surface area contributed by atoms with Crippen LogP contribution in [0.3, 0.4) is 0 Å². The molecule has 4 N–H and O–H groups in total. The molecule has 64 valence electrons. The van der Waals surface area contributed by atoms with Crippen LogP contribution in [0.25, 0.3) is 0 Å². The molecule has 1 aromatic rings. The maximum atomic E-state index is 10.2. The fourth-order valence-electron chi connectivity index (χ4n) is 0.733. The lowest BCUT2D eigenvalue weighted by Gasteiger charge is -2.00. The standard InChI is InChI=1S/C6H6N2O4/c7-5-4(9)2-1-3(6(5)10)8(11)12/h1-2,9-10H,7H2. The maximum Gasteiger partial charge on any atom is 0.313 e. The second-order valence-corrected chi connectivity index (χ2v) is 2.12.